The molecular weight excluding hydrogens is 729 g/mol. The molecule has 0 bridgehead atoms. The molecule has 18 nitrogen and oxygen atoms in total. The molecule has 4 rings (SSSR count). The Balaban J connectivity index is 1.75. The second kappa shape index (κ2) is 13.1. The highest BCUT2D eigenvalue weighted by Crippen LogP contribution is 2.31. The predicted molar refractivity (Wildman–Crippen MR) is 164 cm³/mol. The highest BCUT2D eigenvalue weighted by atomic mass is 32.3. The summed E-state index contributed by atoms with van der Waals surface area (Å²) in [7, 11) is -25.2. The van der Waals surface area contributed by atoms with E-state index in [-0.39, 0.29) is 11.4 Å². The van der Waals surface area contributed by atoms with Crippen LogP contribution < -0.4 is 22.4 Å². The highest BCUT2D eigenvalue weighted by Gasteiger charge is 2.31. The zero-order valence-electron chi connectivity index (χ0n) is 23.1. The van der Waals surface area contributed by atoms with Gasteiger partial charge in [-0.3, -0.25) is 4.55 Å². The summed E-state index contributed by atoms with van der Waals surface area (Å²) in [5, 5.41) is 0. The minimum absolute atomic E-state index is 0.00749. The Morgan fingerprint density at radius 2 is 1.09 bits per heavy atom. The Morgan fingerprint density at radius 1 is 0.511 bits per heavy atom. The molecule has 0 saturated heterocycles. The zero-order chi connectivity index (χ0) is 34.8. The summed E-state index contributed by atoms with van der Waals surface area (Å²) in [4.78, 5) is -4.04. The van der Waals surface area contributed by atoms with Gasteiger partial charge in [-0.25, -0.2) is 11.0 Å². The number of benzene rings is 4. The topological polar surface area (TPSA) is 295 Å². The maximum atomic E-state index is 13.2. The Morgan fingerprint density at radius 3 is 1.72 bits per heavy atom. The van der Waals surface area contributed by atoms with Crippen molar-refractivity contribution >= 4 is 73.3 Å². The van der Waals surface area contributed by atoms with Crippen LogP contribution in [0.1, 0.15) is 0 Å². The number of nitrogen functional groups attached to an aromatic ring is 2. The Kier molecular flexibility index (Phi) is 9.86. The van der Waals surface area contributed by atoms with E-state index in [1.807, 2.05) is 5.48 Å². The smallest absolute Gasteiger partial charge is 0.319 e. The van der Waals surface area contributed by atoms with Gasteiger partial charge in [0.25, 0.3) is 10.1 Å². The first-order valence-electron chi connectivity index (χ1n) is 12.2. The van der Waals surface area contributed by atoms with Gasteiger partial charge in [0, 0.05) is 5.69 Å². The van der Waals surface area contributed by atoms with Crippen molar-refractivity contribution in [3.8, 4) is 0 Å². The number of rotatable bonds is 13. The molecule has 4 aromatic carbocycles. The summed E-state index contributed by atoms with van der Waals surface area (Å²) in [6.07, 6.45) is 0. The zero-order valence-corrected chi connectivity index (χ0v) is 27.2. The van der Waals surface area contributed by atoms with Gasteiger partial charge in [-0.2, -0.15) is 42.1 Å². The van der Waals surface area contributed by atoms with Crippen LogP contribution in [0.25, 0.3) is 0 Å². The van der Waals surface area contributed by atoms with Gasteiger partial charge in [0.1, 0.15) is 14.7 Å². The van der Waals surface area contributed by atoms with Crippen LogP contribution in [0.2, 0.25) is 0 Å². The molecule has 23 heteroatoms. The third kappa shape index (κ3) is 8.34. The summed E-state index contributed by atoms with van der Waals surface area (Å²) >= 11 is 0. The molecule has 0 spiro atoms. The van der Waals surface area contributed by atoms with E-state index in [4.69, 9.17) is 15.8 Å². The molecular formula is C24H22N4O14S5. The third-order valence-electron chi connectivity index (χ3n) is 5.71. The second-order valence-electron chi connectivity index (χ2n) is 8.99. The standard InChI is InChI=1S/C24H22N4O14S5/c25-16-6-5-7-17(14-16)44(32,33)40-28-21-15-18(45(34,35)42-47(38,39)22-10-3-1-8-19(22)26)12-13-24(21)46(36,37)41-27-20-9-2-4-11-23(20)43(29,30)31/h1-15,27-28H,25-26H2,(H,29,30,31). The summed E-state index contributed by atoms with van der Waals surface area (Å²) in [5.41, 5.74) is 13.0. The van der Waals surface area contributed by atoms with Gasteiger partial charge in [-0.15, -0.1) is 12.2 Å². The van der Waals surface area contributed by atoms with Crippen LogP contribution in [0.15, 0.2) is 115 Å². The monoisotopic (exact) mass is 750 g/mol. The quantitative estimate of drug-likeness (QED) is 0.0737. The minimum Gasteiger partial charge on any atom is -0.399 e. The van der Waals surface area contributed by atoms with Gasteiger partial charge < -0.3 is 11.5 Å². The van der Waals surface area contributed by atoms with Crippen molar-refractivity contribution in [1.82, 2.24) is 0 Å². The molecule has 0 amide bonds. The first-order valence-corrected chi connectivity index (χ1v) is 19.3. The molecule has 7 N–H and O–H groups in total. The van der Waals surface area contributed by atoms with Crippen LogP contribution in [-0.4, -0.2) is 46.6 Å². The van der Waals surface area contributed by atoms with E-state index in [9.17, 15) is 46.6 Å². The van der Waals surface area contributed by atoms with Gasteiger partial charge in [0.2, 0.25) is 0 Å². The van der Waals surface area contributed by atoms with E-state index in [1.165, 1.54) is 36.4 Å². The van der Waals surface area contributed by atoms with Gasteiger partial charge in [-0.1, -0.05) is 30.3 Å². The molecule has 47 heavy (non-hydrogen) atoms. The van der Waals surface area contributed by atoms with E-state index < -0.39 is 86.4 Å². The SMILES string of the molecule is Nc1cccc(S(=O)(=O)ONc2cc(S(=O)(=O)OS(=O)(=O)c3ccccc3N)ccc2S(=O)(=O)ONc2ccccc2S(=O)(=O)O)c1. The van der Waals surface area contributed by atoms with E-state index in [2.05, 4.69) is 7.91 Å². The fourth-order valence-corrected chi connectivity index (χ4v) is 8.61. The molecule has 0 aliphatic carbocycles. The first-order chi connectivity index (χ1) is 21.7. The lowest BCUT2D eigenvalue weighted by atomic mass is 10.3. The van der Waals surface area contributed by atoms with Gasteiger partial charge in [0.05, 0.1) is 26.9 Å². The van der Waals surface area contributed by atoms with Gasteiger partial charge >= 0.3 is 40.5 Å². The van der Waals surface area contributed by atoms with Crippen molar-refractivity contribution in [3.63, 3.8) is 0 Å². The number of hydrogen-bond donors (Lipinski definition) is 5. The molecule has 0 atom stereocenters. The largest absolute Gasteiger partial charge is 0.399 e. The molecule has 4 aromatic rings. The minimum atomic E-state index is -5.31. The van der Waals surface area contributed by atoms with Gasteiger partial charge in [0.15, 0.2) is 0 Å². The van der Waals surface area contributed by atoms with E-state index in [1.54, 1.807) is 5.48 Å². The molecule has 0 fully saturated rings. The van der Waals surface area contributed by atoms with E-state index in [0.717, 1.165) is 36.4 Å². The lowest BCUT2D eigenvalue weighted by Crippen LogP contribution is -2.19. The molecule has 252 valence electrons. The molecule has 0 aliphatic rings. The van der Waals surface area contributed by atoms with Crippen molar-refractivity contribution in [2.24, 2.45) is 0 Å². The molecule has 0 aliphatic heterocycles. The van der Waals surface area contributed by atoms with Crippen LogP contribution in [0.5, 0.6) is 0 Å². The fourth-order valence-electron chi connectivity index (χ4n) is 3.60. The third-order valence-corrected chi connectivity index (χ3v) is 12.1. The highest BCUT2D eigenvalue weighted by molar-refractivity contribution is 8.00. The Labute approximate surface area is 269 Å². The summed E-state index contributed by atoms with van der Waals surface area (Å²) in [6, 6.07) is 15.3. The summed E-state index contributed by atoms with van der Waals surface area (Å²) in [6.45, 7) is 0. The second-order valence-corrected chi connectivity index (χ2v) is 16.7. The Hall–Kier alpha value is -4.33. The lowest BCUT2D eigenvalue weighted by molar-refractivity contribution is 0.379. The number of nitrogens with one attached hydrogen (secondary N) is 2. The Bertz CT molecular complexity index is 2400. The van der Waals surface area contributed by atoms with Gasteiger partial charge in [-0.05, 0) is 60.7 Å². The maximum absolute atomic E-state index is 13.2. The van der Waals surface area contributed by atoms with Crippen LogP contribution in [0, 0.1) is 0 Å². The van der Waals surface area contributed by atoms with Crippen LogP contribution in [0.4, 0.5) is 22.7 Å². The number of hydrogen-bond acceptors (Lipinski definition) is 17. The molecule has 0 aromatic heterocycles. The van der Waals surface area contributed by atoms with E-state index in [0.29, 0.717) is 18.2 Å². The van der Waals surface area contributed by atoms with Crippen molar-refractivity contribution < 1.29 is 58.8 Å². The number of para-hydroxylation sites is 2. The molecule has 0 heterocycles. The summed E-state index contributed by atoms with van der Waals surface area (Å²) in [5.74, 6) is 0. The molecule has 0 saturated carbocycles. The first kappa shape index (κ1) is 35.5. The van der Waals surface area contributed by atoms with Crippen LogP contribution >= 0.6 is 0 Å². The number of anilines is 4. The average Bonchev–Trinajstić information content (AvgIpc) is 2.98. The van der Waals surface area contributed by atoms with Crippen molar-refractivity contribution in [2.75, 3.05) is 22.4 Å². The van der Waals surface area contributed by atoms with Crippen LogP contribution in [-0.2, 0) is 62.8 Å². The molecule has 0 unspecified atom stereocenters. The van der Waals surface area contributed by atoms with Crippen molar-refractivity contribution in [3.05, 3.63) is 91.0 Å². The summed E-state index contributed by atoms with van der Waals surface area (Å²) < 4.78 is 150. The fraction of sp³-hybridized carbons (Fsp3) is 0. The van der Waals surface area contributed by atoms with Crippen molar-refractivity contribution in [2.45, 2.75) is 24.5 Å². The average molecular weight is 751 g/mol. The number of nitrogens with two attached hydrogens (primary N) is 2. The normalized spacial score (nSPS) is 12.8. The van der Waals surface area contributed by atoms with E-state index >= 15 is 0 Å². The van der Waals surface area contributed by atoms with Crippen molar-refractivity contribution in [1.29, 1.82) is 0 Å². The van der Waals surface area contributed by atoms with Crippen LogP contribution in [0.3, 0.4) is 0 Å². The lowest BCUT2D eigenvalue weighted by Gasteiger charge is -2.15. The molecule has 0 radical (unpaired) electrons. The predicted octanol–water partition coefficient (Wildman–Crippen LogP) is 1.66. The maximum Gasteiger partial charge on any atom is 0.319 e.